The molecule has 0 saturated carbocycles. The molecule has 0 heterocycles. The Hall–Kier alpha value is -4.11. The highest BCUT2D eigenvalue weighted by Gasteiger charge is 2.12. The van der Waals surface area contributed by atoms with E-state index in [4.69, 9.17) is 4.74 Å². The van der Waals surface area contributed by atoms with E-state index in [1.54, 1.807) is 0 Å². The predicted octanol–water partition coefficient (Wildman–Crippen LogP) is 7.79. The minimum Gasteiger partial charge on any atom is -0.463 e. The summed E-state index contributed by atoms with van der Waals surface area (Å²) in [5.74, 6) is -0.369. The second-order valence-electron chi connectivity index (χ2n) is 8.23. The molecule has 0 N–H and O–H groups in total. The maximum Gasteiger partial charge on any atom is 0.330 e. The molecular formula is C31H29NO2. The van der Waals surface area contributed by atoms with Gasteiger partial charge in [0.1, 0.15) is 0 Å². The normalized spacial score (nSPS) is 10.5. The molecule has 0 atom stereocenters. The van der Waals surface area contributed by atoms with Gasteiger partial charge >= 0.3 is 5.97 Å². The fourth-order valence-corrected chi connectivity index (χ4v) is 3.89. The van der Waals surface area contributed by atoms with Crippen LogP contribution in [0.25, 0.3) is 11.1 Å². The Balaban J connectivity index is 1.49. The maximum atomic E-state index is 11.1. The number of benzene rings is 4. The molecule has 0 unspecified atom stereocenters. The molecule has 0 amide bonds. The zero-order chi connectivity index (χ0) is 23.8. The second kappa shape index (κ2) is 11.2. The molecule has 3 nitrogen and oxygen atoms in total. The smallest absolute Gasteiger partial charge is 0.330 e. The number of rotatable bonds is 9. The van der Waals surface area contributed by atoms with Gasteiger partial charge in [-0.05, 0) is 72.9 Å². The number of para-hydroxylation sites is 1. The van der Waals surface area contributed by atoms with Crippen molar-refractivity contribution >= 4 is 23.0 Å². The van der Waals surface area contributed by atoms with Crippen molar-refractivity contribution in [1.29, 1.82) is 0 Å². The van der Waals surface area contributed by atoms with E-state index >= 15 is 0 Å². The highest BCUT2D eigenvalue weighted by atomic mass is 16.5. The lowest BCUT2D eigenvalue weighted by Gasteiger charge is -2.25. The summed E-state index contributed by atoms with van der Waals surface area (Å²) in [6.45, 7) is 5.92. The van der Waals surface area contributed by atoms with Crippen molar-refractivity contribution in [3.05, 3.63) is 127 Å². The van der Waals surface area contributed by atoms with Crippen LogP contribution in [0.2, 0.25) is 0 Å². The van der Waals surface area contributed by atoms with Gasteiger partial charge in [0.25, 0.3) is 0 Å². The van der Waals surface area contributed by atoms with Gasteiger partial charge in [-0.3, -0.25) is 0 Å². The molecule has 4 aromatic rings. The van der Waals surface area contributed by atoms with E-state index < -0.39 is 0 Å². The van der Waals surface area contributed by atoms with Gasteiger partial charge in [-0.1, -0.05) is 78.9 Å². The predicted molar refractivity (Wildman–Crippen MR) is 141 cm³/mol. The van der Waals surface area contributed by atoms with Crippen LogP contribution in [0.1, 0.15) is 17.5 Å². The van der Waals surface area contributed by atoms with Gasteiger partial charge in [0.05, 0.1) is 6.61 Å². The second-order valence-corrected chi connectivity index (χ2v) is 8.23. The lowest BCUT2D eigenvalue weighted by molar-refractivity contribution is -0.137. The number of aryl methyl sites for hydroxylation is 2. The lowest BCUT2D eigenvalue weighted by atomic mass is 10.0. The zero-order valence-electron chi connectivity index (χ0n) is 19.5. The summed E-state index contributed by atoms with van der Waals surface area (Å²) in [5.41, 5.74) is 8.19. The molecule has 0 fully saturated rings. The molecule has 4 rings (SSSR count). The molecule has 4 aromatic carbocycles. The summed E-state index contributed by atoms with van der Waals surface area (Å²) >= 11 is 0. The molecule has 34 heavy (non-hydrogen) atoms. The molecule has 0 aliphatic rings. The summed E-state index contributed by atoms with van der Waals surface area (Å²) < 4.78 is 5.05. The zero-order valence-corrected chi connectivity index (χ0v) is 19.5. The number of esters is 1. The van der Waals surface area contributed by atoms with E-state index in [9.17, 15) is 4.79 Å². The highest BCUT2D eigenvalue weighted by Crippen LogP contribution is 2.35. The van der Waals surface area contributed by atoms with E-state index in [2.05, 4.69) is 115 Å². The number of carbonyl (C=O) groups is 1. The molecule has 0 radical (unpaired) electrons. The fraction of sp³-hybridized carbons (Fsp3) is 0.129. The minimum absolute atomic E-state index is 0.369. The van der Waals surface area contributed by atoms with Crippen LogP contribution in [0.3, 0.4) is 0 Å². The molecule has 170 valence electrons. The van der Waals surface area contributed by atoms with Crippen LogP contribution in [0.5, 0.6) is 0 Å². The largest absolute Gasteiger partial charge is 0.463 e. The van der Waals surface area contributed by atoms with E-state index in [1.807, 2.05) is 6.07 Å². The van der Waals surface area contributed by atoms with E-state index in [1.165, 1.54) is 28.3 Å². The van der Waals surface area contributed by atoms with E-state index in [-0.39, 0.29) is 5.97 Å². The van der Waals surface area contributed by atoms with Crippen molar-refractivity contribution in [2.24, 2.45) is 0 Å². The Morgan fingerprint density at radius 1 is 0.765 bits per heavy atom. The van der Waals surface area contributed by atoms with Crippen LogP contribution in [-0.2, 0) is 16.0 Å². The Morgan fingerprint density at radius 2 is 1.29 bits per heavy atom. The van der Waals surface area contributed by atoms with Crippen LogP contribution in [0.4, 0.5) is 17.1 Å². The van der Waals surface area contributed by atoms with Gasteiger partial charge in [-0.25, -0.2) is 4.79 Å². The maximum absolute atomic E-state index is 11.1. The third-order valence-electron chi connectivity index (χ3n) is 5.74. The van der Waals surface area contributed by atoms with Crippen molar-refractivity contribution in [2.45, 2.75) is 19.8 Å². The Labute approximate surface area is 202 Å². The summed E-state index contributed by atoms with van der Waals surface area (Å²) in [5, 5.41) is 0. The summed E-state index contributed by atoms with van der Waals surface area (Å²) in [4.78, 5) is 13.4. The first-order chi connectivity index (χ1) is 16.6. The quantitative estimate of drug-likeness (QED) is 0.149. The lowest BCUT2D eigenvalue weighted by Crippen LogP contribution is -2.09. The average molecular weight is 448 g/mol. The van der Waals surface area contributed by atoms with Crippen LogP contribution in [-0.4, -0.2) is 12.6 Å². The van der Waals surface area contributed by atoms with Crippen LogP contribution < -0.4 is 4.90 Å². The number of nitrogens with zero attached hydrogens (tertiary/aromatic N) is 1. The van der Waals surface area contributed by atoms with Crippen LogP contribution in [0.15, 0.2) is 116 Å². The van der Waals surface area contributed by atoms with Crippen LogP contribution >= 0.6 is 0 Å². The Morgan fingerprint density at radius 3 is 1.88 bits per heavy atom. The SMILES string of the molecule is C=CC(=O)OCCCc1ccc(-c2ccc(N(c3ccccc3)c3ccc(C)cc3)cc2)cc1. The number of hydrogen-bond acceptors (Lipinski definition) is 3. The highest BCUT2D eigenvalue weighted by molar-refractivity contribution is 5.81. The molecular weight excluding hydrogens is 418 g/mol. The van der Waals surface area contributed by atoms with Crippen molar-refractivity contribution in [1.82, 2.24) is 0 Å². The molecule has 0 saturated heterocycles. The van der Waals surface area contributed by atoms with Crippen molar-refractivity contribution in [3.63, 3.8) is 0 Å². The van der Waals surface area contributed by atoms with E-state index in [0.717, 1.165) is 29.9 Å². The van der Waals surface area contributed by atoms with Crippen molar-refractivity contribution in [2.75, 3.05) is 11.5 Å². The Bertz CT molecular complexity index is 1210. The van der Waals surface area contributed by atoms with Crippen molar-refractivity contribution in [3.8, 4) is 11.1 Å². The number of anilines is 3. The third-order valence-corrected chi connectivity index (χ3v) is 5.74. The molecule has 0 spiro atoms. The van der Waals surface area contributed by atoms with Gasteiger partial charge in [-0.15, -0.1) is 0 Å². The topological polar surface area (TPSA) is 29.5 Å². The molecule has 0 aromatic heterocycles. The summed E-state index contributed by atoms with van der Waals surface area (Å²) in [6.07, 6.45) is 2.86. The first-order valence-corrected chi connectivity index (χ1v) is 11.5. The van der Waals surface area contributed by atoms with E-state index in [0.29, 0.717) is 6.61 Å². The average Bonchev–Trinajstić information content (AvgIpc) is 2.89. The molecule has 3 heteroatoms. The van der Waals surface area contributed by atoms with Crippen molar-refractivity contribution < 1.29 is 9.53 Å². The standard InChI is InChI=1S/C31H29NO2/c1-3-31(33)34-23-7-8-25-13-15-26(16-14-25)27-17-21-30(22-18-27)32(28-9-5-4-6-10-28)29-19-11-24(2)12-20-29/h3-6,9-22H,1,7-8,23H2,2H3. The van der Waals surface area contributed by atoms with Gasteiger partial charge in [0, 0.05) is 23.1 Å². The molecule has 0 aliphatic heterocycles. The van der Waals surface area contributed by atoms with Crippen LogP contribution in [0, 0.1) is 6.92 Å². The number of carbonyl (C=O) groups excluding carboxylic acids is 1. The molecule has 0 bridgehead atoms. The van der Waals surface area contributed by atoms with Gasteiger partial charge in [-0.2, -0.15) is 0 Å². The number of hydrogen-bond donors (Lipinski definition) is 0. The minimum atomic E-state index is -0.369. The first kappa shape index (κ1) is 23.1. The van der Waals surface area contributed by atoms with Gasteiger partial charge < -0.3 is 9.64 Å². The Kier molecular flexibility index (Phi) is 7.56. The monoisotopic (exact) mass is 447 g/mol. The van der Waals surface area contributed by atoms with Gasteiger partial charge in [0.15, 0.2) is 0 Å². The first-order valence-electron chi connectivity index (χ1n) is 11.5. The fourth-order valence-electron chi connectivity index (χ4n) is 3.89. The molecule has 0 aliphatic carbocycles. The summed E-state index contributed by atoms with van der Waals surface area (Å²) in [6, 6.07) is 36.3. The number of ether oxygens (including phenoxy) is 1. The summed E-state index contributed by atoms with van der Waals surface area (Å²) in [7, 11) is 0. The van der Waals surface area contributed by atoms with Gasteiger partial charge in [0.2, 0.25) is 0 Å². The third kappa shape index (κ3) is 5.81.